The van der Waals surface area contributed by atoms with Crippen molar-refractivity contribution in [2.75, 3.05) is 26.1 Å². The van der Waals surface area contributed by atoms with Crippen LogP contribution in [0.15, 0.2) is 4.47 Å². The number of hydrogen-bond donors (Lipinski definition) is 1. The summed E-state index contributed by atoms with van der Waals surface area (Å²) in [6, 6.07) is 0. The number of rotatable bonds is 7. The lowest BCUT2D eigenvalue weighted by atomic mass is 10.3. The number of ether oxygens (including phenoxy) is 2. The van der Waals surface area contributed by atoms with Crippen molar-refractivity contribution in [2.24, 2.45) is 0 Å². The van der Waals surface area contributed by atoms with Crippen LogP contribution in [0.4, 0.5) is 14.6 Å². The van der Waals surface area contributed by atoms with Crippen molar-refractivity contribution >= 4 is 21.7 Å². The van der Waals surface area contributed by atoms with Gasteiger partial charge in [0.2, 0.25) is 0 Å². The minimum atomic E-state index is -2.47. The van der Waals surface area contributed by atoms with Crippen LogP contribution in [0.5, 0.6) is 0 Å². The molecule has 0 aliphatic carbocycles. The Bertz CT molecular complexity index is 394. The average Bonchev–Trinajstić information content (AvgIpc) is 2.31. The molecule has 0 atom stereocenters. The minimum absolute atomic E-state index is 0.123. The molecular weight excluding hydrogens is 312 g/mol. The molecule has 0 unspecified atom stereocenters. The molecule has 0 radical (unpaired) electrons. The van der Waals surface area contributed by atoms with Crippen LogP contribution in [0.25, 0.3) is 0 Å². The van der Waals surface area contributed by atoms with Crippen LogP contribution in [0.2, 0.25) is 0 Å². The Morgan fingerprint density at radius 2 is 2.11 bits per heavy atom. The van der Waals surface area contributed by atoms with Crippen LogP contribution in [-0.2, 0) is 22.5 Å². The fourth-order valence-electron chi connectivity index (χ4n) is 1.25. The van der Waals surface area contributed by atoms with E-state index in [1.807, 2.05) is 0 Å². The maximum Gasteiger partial charge on any atom is 0.261 e. The molecule has 0 spiro atoms. The first-order chi connectivity index (χ1) is 8.54. The van der Waals surface area contributed by atoms with Crippen molar-refractivity contribution in [1.82, 2.24) is 9.97 Å². The summed E-state index contributed by atoms with van der Waals surface area (Å²) in [4.78, 5) is 8.24. The largest absolute Gasteiger partial charge is 0.383 e. The van der Waals surface area contributed by atoms with E-state index in [9.17, 15) is 8.78 Å². The lowest BCUT2D eigenvalue weighted by Gasteiger charge is -2.08. The first-order valence-electron chi connectivity index (χ1n) is 5.20. The van der Waals surface area contributed by atoms with Gasteiger partial charge in [-0.3, -0.25) is 0 Å². The molecule has 0 aliphatic rings. The van der Waals surface area contributed by atoms with Crippen LogP contribution >= 0.6 is 15.9 Å². The molecule has 0 aliphatic heterocycles. The Morgan fingerprint density at radius 1 is 1.39 bits per heavy atom. The van der Waals surface area contributed by atoms with Crippen molar-refractivity contribution < 1.29 is 18.3 Å². The van der Waals surface area contributed by atoms with Gasteiger partial charge < -0.3 is 15.2 Å². The highest BCUT2D eigenvalue weighted by Gasteiger charge is 2.10. The fourth-order valence-corrected chi connectivity index (χ4v) is 1.54. The summed E-state index contributed by atoms with van der Waals surface area (Å²) in [5.41, 5.74) is 6.31. The maximum atomic E-state index is 11.8. The quantitative estimate of drug-likeness (QED) is 0.774. The number of alkyl halides is 2. The molecule has 5 nitrogen and oxygen atoms in total. The standard InChI is InChI=1S/C10H14BrF2N3O2/c1-17-4-6-9(11)10(14)16-8(15-6)2-3-18-5-7(12)13/h7H,2-5H2,1H3,(H2,14,15,16). The van der Waals surface area contributed by atoms with Crippen molar-refractivity contribution in [3.63, 3.8) is 0 Å². The molecule has 8 heteroatoms. The highest BCUT2D eigenvalue weighted by molar-refractivity contribution is 9.10. The summed E-state index contributed by atoms with van der Waals surface area (Å²) in [5, 5.41) is 0. The monoisotopic (exact) mass is 325 g/mol. The average molecular weight is 326 g/mol. The van der Waals surface area contributed by atoms with E-state index >= 15 is 0 Å². The number of nitrogen functional groups attached to an aromatic ring is 1. The molecule has 0 saturated heterocycles. The van der Waals surface area contributed by atoms with Gasteiger partial charge in [0.15, 0.2) is 0 Å². The van der Waals surface area contributed by atoms with Gasteiger partial charge in [0, 0.05) is 13.5 Å². The van der Waals surface area contributed by atoms with Gasteiger partial charge in [-0.15, -0.1) is 0 Å². The summed E-state index contributed by atoms with van der Waals surface area (Å²) in [7, 11) is 1.54. The predicted molar refractivity (Wildman–Crippen MR) is 65.4 cm³/mol. The lowest BCUT2D eigenvalue weighted by molar-refractivity contribution is 0.0182. The van der Waals surface area contributed by atoms with Crippen LogP contribution in [-0.4, -0.2) is 36.7 Å². The first-order valence-corrected chi connectivity index (χ1v) is 5.99. The molecule has 1 aromatic rings. The zero-order valence-electron chi connectivity index (χ0n) is 9.83. The van der Waals surface area contributed by atoms with E-state index in [1.54, 1.807) is 0 Å². The van der Waals surface area contributed by atoms with Gasteiger partial charge in [-0.05, 0) is 15.9 Å². The summed E-state index contributed by atoms with van der Waals surface area (Å²) in [6.07, 6.45) is -2.15. The predicted octanol–water partition coefficient (Wildman–Crippen LogP) is 1.79. The molecule has 1 rings (SSSR count). The lowest BCUT2D eigenvalue weighted by Crippen LogP contribution is -2.11. The normalized spacial score (nSPS) is 11.2. The van der Waals surface area contributed by atoms with Crippen LogP contribution in [0, 0.1) is 0 Å². The highest BCUT2D eigenvalue weighted by Crippen LogP contribution is 2.21. The summed E-state index contributed by atoms with van der Waals surface area (Å²) in [6.45, 7) is -0.174. The van der Waals surface area contributed by atoms with Crippen molar-refractivity contribution in [2.45, 2.75) is 19.5 Å². The number of halogens is 3. The fraction of sp³-hybridized carbons (Fsp3) is 0.600. The second-order valence-corrected chi connectivity index (χ2v) is 4.23. The summed E-state index contributed by atoms with van der Waals surface area (Å²) >= 11 is 3.26. The van der Waals surface area contributed by atoms with Crippen molar-refractivity contribution in [3.8, 4) is 0 Å². The smallest absolute Gasteiger partial charge is 0.261 e. The van der Waals surface area contributed by atoms with E-state index in [0.29, 0.717) is 28.2 Å². The van der Waals surface area contributed by atoms with Gasteiger partial charge in [0.05, 0.1) is 23.4 Å². The van der Waals surface area contributed by atoms with Gasteiger partial charge in [-0.1, -0.05) is 0 Å². The summed E-state index contributed by atoms with van der Waals surface area (Å²) in [5.74, 6) is 0.734. The van der Waals surface area contributed by atoms with Crippen LogP contribution in [0.3, 0.4) is 0 Å². The molecule has 2 N–H and O–H groups in total. The van der Waals surface area contributed by atoms with E-state index in [0.717, 1.165) is 0 Å². The number of aromatic nitrogens is 2. The number of anilines is 1. The number of hydrogen-bond acceptors (Lipinski definition) is 5. The molecule has 0 saturated carbocycles. The third-order valence-electron chi connectivity index (χ3n) is 1.99. The molecule has 0 bridgehead atoms. The molecule has 102 valence electrons. The van der Waals surface area contributed by atoms with E-state index in [1.165, 1.54) is 7.11 Å². The topological polar surface area (TPSA) is 70.3 Å². The number of nitrogens with two attached hydrogens (primary N) is 1. The SMILES string of the molecule is COCc1nc(CCOCC(F)F)nc(N)c1Br. The van der Waals surface area contributed by atoms with Gasteiger partial charge in [-0.25, -0.2) is 18.7 Å². The van der Waals surface area contributed by atoms with Crippen LogP contribution < -0.4 is 5.73 Å². The minimum Gasteiger partial charge on any atom is -0.383 e. The van der Waals surface area contributed by atoms with Crippen LogP contribution in [0.1, 0.15) is 11.5 Å². The van der Waals surface area contributed by atoms with Crippen molar-refractivity contribution in [1.29, 1.82) is 0 Å². The van der Waals surface area contributed by atoms with E-state index in [-0.39, 0.29) is 13.2 Å². The van der Waals surface area contributed by atoms with Crippen molar-refractivity contribution in [3.05, 3.63) is 16.0 Å². The Hall–Kier alpha value is -0.860. The van der Waals surface area contributed by atoms with Gasteiger partial charge in [-0.2, -0.15) is 0 Å². The van der Waals surface area contributed by atoms with Gasteiger partial charge in [0.25, 0.3) is 6.43 Å². The van der Waals surface area contributed by atoms with E-state index < -0.39 is 13.0 Å². The number of nitrogens with zero attached hydrogens (tertiary/aromatic N) is 2. The second-order valence-electron chi connectivity index (χ2n) is 3.43. The highest BCUT2D eigenvalue weighted by atomic mass is 79.9. The third-order valence-corrected chi connectivity index (χ3v) is 2.85. The zero-order valence-corrected chi connectivity index (χ0v) is 11.4. The molecule has 1 heterocycles. The Balaban J connectivity index is 2.60. The Morgan fingerprint density at radius 3 is 2.72 bits per heavy atom. The summed E-state index contributed by atoms with van der Waals surface area (Å²) < 4.78 is 34.0. The first kappa shape index (κ1) is 15.2. The molecular formula is C10H14BrF2N3O2. The van der Waals surface area contributed by atoms with E-state index in [2.05, 4.69) is 25.9 Å². The maximum absolute atomic E-state index is 11.8. The third kappa shape index (κ3) is 4.79. The molecule has 0 amide bonds. The molecule has 0 aromatic carbocycles. The molecule has 0 fully saturated rings. The van der Waals surface area contributed by atoms with E-state index in [4.69, 9.17) is 15.2 Å². The molecule has 18 heavy (non-hydrogen) atoms. The Kier molecular flexibility index (Phi) is 6.37. The molecule has 1 aromatic heterocycles. The Labute approximate surface area is 112 Å². The van der Waals surface area contributed by atoms with Gasteiger partial charge in [0.1, 0.15) is 18.2 Å². The second kappa shape index (κ2) is 7.55. The number of methoxy groups -OCH3 is 1. The zero-order chi connectivity index (χ0) is 13.5. The van der Waals surface area contributed by atoms with Gasteiger partial charge >= 0.3 is 0 Å².